The van der Waals surface area contributed by atoms with Crippen molar-refractivity contribution in [2.45, 2.75) is 215 Å². The first-order valence-electron chi connectivity index (χ1n) is 30.2. The number of aliphatic hydroxyl groups excluding tert-OH is 19. The Labute approximate surface area is 536 Å². The fourth-order valence-electron chi connectivity index (χ4n) is 12.5. The van der Waals surface area contributed by atoms with Crippen molar-refractivity contribution in [1.82, 2.24) is 0 Å². The Balaban J connectivity index is 0.990. The Morgan fingerprint density at radius 2 is 0.453 bits per heavy atom. The number of hydrogen-bond acceptors (Lipinski definition) is 37. The summed E-state index contributed by atoms with van der Waals surface area (Å²) in [4.78, 5) is 24.6. The number of anilines is 2. The highest BCUT2D eigenvalue weighted by molar-refractivity contribution is 5.94. The second-order valence-electron chi connectivity index (χ2n) is 23.7. The summed E-state index contributed by atoms with van der Waals surface area (Å²) in [5.41, 5.74) is -0.676. The van der Waals surface area contributed by atoms with Crippen LogP contribution in [0.5, 0.6) is 0 Å². The summed E-state index contributed by atoms with van der Waals surface area (Å²) >= 11 is 0. The second kappa shape index (κ2) is 31.5. The molecule has 0 radical (unpaired) electrons. The fraction of sp³-hybridized carbons (Fsp3) is 0.750. The van der Waals surface area contributed by atoms with Gasteiger partial charge in [-0.25, -0.2) is 9.59 Å². The highest BCUT2D eigenvalue weighted by Gasteiger charge is 2.60. The molecule has 2 aromatic carbocycles. The van der Waals surface area contributed by atoms with E-state index in [-0.39, 0.29) is 22.5 Å². The number of carbonyl (C=O) groups is 2. The number of carboxylic acid groups (broad SMARTS) is 2. The highest BCUT2D eigenvalue weighted by Crippen LogP contribution is 2.40. The summed E-state index contributed by atoms with van der Waals surface area (Å²) in [5.74, 6) is -2.82. The van der Waals surface area contributed by atoms with E-state index in [4.69, 9.17) is 66.3 Å². The van der Waals surface area contributed by atoms with E-state index in [2.05, 4.69) is 10.6 Å². The van der Waals surface area contributed by atoms with Crippen LogP contribution in [0, 0.1) is 0 Å². The minimum atomic E-state index is -2.32. The average Bonchev–Trinajstić information content (AvgIpc) is 0.916. The lowest BCUT2D eigenvalue weighted by Crippen LogP contribution is -2.68. The SMILES string of the molecule is O=C(O)c1ccccc1NC[C@@H]1O[C@@H]2O[C@H]3[C@@H](O)[C@H](O)[C@@H](O[C@H]4[C@@H](O)[C@H](O)[C@@H](O[C@H]5[C@H](O)[C@@H](O)[C@@H](O[C@H]6[C@H](O)[C@@H](O)[C@@H](O[C@H]7[C@H](O)[C@@H](O)[C@@H](O[C@H]8[C@H](O)[C@@H](O)[C@@H](O[C@H]1[C@H](O)[C@H]2O)O[C@H]8CO)O[C@H]7CO)O[C@@H]6CO)O[C@@H]5CO)O[C@@H]4CO)O[C@@H]3CNc1ccccc1C(=O)O. The number of aromatic carboxylic acids is 2. The van der Waals surface area contributed by atoms with Gasteiger partial charge in [-0.2, -0.15) is 0 Å². The first kappa shape index (κ1) is 73.4. The minimum Gasteiger partial charge on any atom is -0.478 e. The van der Waals surface area contributed by atoms with Gasteiger partial charge in [0, 0.05) is 24.5 Å². The lowest BCUT2D eigenvalue weighted by molar-refractivity contribution is -0.396. The molecule has 21 aliphatic heterocycles. The lowest BCUT2D eigenvalue weighted by Gasteiger charge is -2.50. The summed E-state index contributed by atoms with van der Waals surface area (Å²) in [6.45, 7) is -6.66. The molecule has 39 heteroatoms. The van der Waals surface area contributed by atoms with Crippen LogP contribution in [0.1, 0.15) is 20.7 Å². The minimum absolute atomic E-state index is 0.0533. The first-order chi connectivity index (χ1) is 45.3. The van der Waals surface area contributed by atoms with E-state index < -0.39 is 273 Å². The molecule has 23 rings (SSSR count). The molecular weight excluding hydrogens is 1290 g/mol. The van der Waals surface area contributed by atoms with Crippen molar-refractivity contribution in [3.05, 3.63) is 59.7 Å². The van der Waals surface area contributed by atoms with Gasteiger partial charge in [0.05, 0.1) is 44.2 Å². The van der Waals surface area contributed by atoms with E-state index in [1.807, 2.05) is 0 Å². The molecule has 21 fully saturated rings. The van der Waals surface area contributed by atoms with Gasteiger partial charge in [0.25, 0.3) is 0 Å². The van der Waals surface area contributed by atoms with E-state index in [1.54, 1.807) is 0 Å². The third-order valence-corrected chi connectivity index (χ3v) is 17.7. The molecule has 0 spiro atoms. The number of rotatable bonds is 13. The van der Waals surface area contributed by atoms with Gasteiger partial charge < -0.3 is 184 Å². The number of nitrogens with one attached hydrogen (secondary N) is 2. The van der Waals surface area contributed by atoms with Crippen LogP contribution in [0.3, 0.4) is 0 Å². The normalized spacial score (nSPS) is 46.9. The second-order valence-corrected chi connectivity index (χ2v) is 23.7. The van der Waals surface area contributed by atoms with Gasteiger partial charge in [-0.3, -0.25) is 0 Å². The first-order valence-corrected chi connectivity index (χ1v) is 30.2. The van der Waals surface area contributed by atoms with Crippen LogP contribution in [-0.4, -0.2) is 380 Å². The van der Waals surface area contributed by atoms with Crippen molar-refractivity contribution < 1.29 is 183 Å². The molecule has 35 atom stereocenters. The van der Waals surface area contributed by atoms with Crippen molar-refractivity contribution in [3.63, 3.8) is 0 Å². The van der Waals surface area contributed by atoms with Crippen LogP contribution in [0.2, 0.25) is 0 Å². The molecule has 0 aromatic heterocycles. The number of hydrogen-bond donors (Lipinski definition) is 23. The molecule has 0 unspecified atom stereocenters. The summed E-state index contributed by atoms with van der Waals surface area (Å²) in [6.07, 6.45) is -72.5. The molecular formula is C56H80N2O37. The molecule has 2 aromatic rings. The third-order valence-electron chi connectivity index (χ3n) is 17.7. The average molecular weight is 1370 g/mol. The molecule has 21 heterocycles. The molecule has 0 saturated carbocycles. The van der Waals surface area contributed by atoms with E-state index in [9.17, 15) is 117 Å². The maximum Gasteiger partial charge on any atom is 0.337 e. The topological polar surface area (TPSA) is 612 Å². The van der Waals surface area contributed by atoms with Crippen molar-refractivity contribution in [3.8, 4) is 0 Å². The van der Waals surface area contributed by atoms with Gasteiger partial charge in [0.2, 0.25) is 0 Å². The van der Waals surface area contributed by atoms with Gasteiger partial charge >= 0.3 is 11.9 Å². The number of carboxylic acids is 2. The lowest BCUT2D eigenvalue weighted by atomic mass is 9.94. The summed E-state index contributed by atoms with van der Waals surface area (Å²) < 4.78 is 82.5. The molecule has 21 aliphatic rings. The van der Waals surface area contributed by atoms with Crippen LogP contribution in [0.25, 0.3) is 0 Å². The molecule has 0 amide bonds. The number of ether oxygens (including phenoxy) is 14. The molecule has 39 nitrogen and oxygen atoms in total. The van der Waals surface area contributed by atoms with Crippen molar-refractivity contribution in [2.24, 2.45) is 0 Å². The van der Waals surface area contributed by atoms with E-state index >= 15 is 0 Å². The maximum atomic E-state index is 12.3. The van der Waals surface area contributed by atoms with Crippen LogP contribution in [-0.2, 0) is 66.3 Å². The molecule has 14 bridgehead atoms. The zero-order valence-corrected chi connectivity index (χ0v) is 49.7. The monoisotopic (exact) mass is 1370 g/mol. The van der Waals surface area contributed by atoms with Crippen molar-refractivity contribution in [1.29, 1.82) is 0 Å². The van der Waals surface area contributed by atoms with Crippen LogP contribution in [0.15, 0.2) is 48.5 Å². The van der Waals surface area contributed by atoms with Crippen LogP contribution >= 0.6 is 0 Å². The molecule has 0 aliphatic carbocycles. The highest BCUT2D eigenvalue weighted by atomic mass is 16.8. The van der Waals surface area contributed by atoms with Crippen molar-refractivity contribution in [2.75, 3.05) is 56.8 Å². The fourth-order valence-corrected chi connectivity index (χ4v) is 12.5. The van der Waals surface area contributed by atoms with Crippen molar-refractivity contribution >= 4 is 23.3 Å². The Morgan fingerprint density at radius 3 is 0.642 bits per heavy atom. The smallest absolute Gasteiger partial charge is 0.337 e. The van der Waals surface area contributed by atoms with Gasteiger partial charge in [0.1, 0.15) is 171 Å². The third kappa shape index (κ3) is 15.1. The summed E-state index contributed by atoms with van der Waals surface area (Å²) in [7, 11) is 0. The van der Waals surface area contributed by atoms with Gasteiger partial charge in [-0.1, -0.05) is 24.3 Å². The largest absolute Gasteiger partial charge is 0.478 e. The Hall–Kier alpha value is -4.34. The van der Waals surface area contributed by atoms with Gasteiger partial charge in [0.15, 0.2) is 44.0 Å². The molecule has 95 heavy (non-hydrogen) atoms. The quantitative estimate of drug-likeness (QED) is 0.0885. The van der Waals surface area contributed by atoms with E-state index in [0.717, 1.165) is 0 Å². The molecule has 23 N–H and O–H groups in total. The Morgan fingerprint density at radius 1 is 0.274 bits per heavy atom. The standard InChI is InChI=1S/C56H80N2O37/c59-11-22-43-30(67)37(74)53(85-22)93-45-24(13-61)87-55(39(76)32(45)69)95-47-26(15-63)88-56(40(77)33(47)70)94-46-25(14-62)86-54(38(75)31(46)68)92-44-23(12-60)84-52(36(73)29(44)66)90-42-21(10-58-19-8-4-2-6-17(19)49(80)81)82-50(34(71)27(42)64)89-41-20(83-51(91-43)35(72)28(41)65)9-57-18-7-3-1-5-16(18)48(78)79/h1-8,20-47,50-77H,9-15H2,(H,78,79)(H,80,81)/t20-,21+,22-,23+,24-,25+,26-,27-,28+,29-,30+,31-,32-,33-,34-,35+,36-,37+,38-,39-,40-,41-,42-,43-,44-,45-,46-,47-,50-,51-,52-,53-,54-,55-,56-/m1/s1. The Bertz CT molecular complexity index is 2750. The molecule has 21 saturated heterocycles. The number of benzene rings is 2. The predicted molar refractivity (Wildman–Crippen MR) is 298 cm³/mol. The maximum absolute atomic E-state index is 12.3. The van der Waals surface area contributed by atoms with Crippen LogP contribution < -0.4 is 10.6 Å². The number of para-hydroxylation sites is 2. The predicted octanol–water partition coefficient (Wildman–Crippen LogP) is -11.6. The summed E-state index contributed by atoms with van der Waals surface area (Å²) in [6, 6.07) is 10.9. The zero-order chi connectivity index (χ0) is 68.6. The van der Waals surface area contributed by atoms with E-state index in [1.165, 1.54) is 48.5 Å². The van der Waals surface area contributed by atoms with Gasteiger partial charge in [-0.15, -0.1) is 0 Å². The van der Waals surface area contributed by atoms with E-state index in [0.29, 0.717) is 0 Å². The Kier molecular flexibility index (Phi) is 24.3. The summed E-state index contributed by atoms with van der Waals surface area (Å²) in [5, 5.41) is 242. The number of aliphatic hydroxyl groups is 19. The van der Waals surface area contributed by atoms with Crippen LogP contribution in [0.4, 0.5) is 11.4 Å². The van der Waals surface area contributed by atoms with Gasteiger partial charge in [-0.05, 0) is 24.3 Å². The molecule has 536 valence electrons. The zero-order valence-electron chi connectivity index (χ0n) is 49.7.